The first-order valence-electron chi connectivity index (χ1n) is 7.99. The highest BCUT2D eigenvalue weighted by Crippen LogP contribution is 2.20. The molecule has 0 saturated carbocycles. The molecule has 0 spiro atoms. The molecule has 0 aliphatic heterocycles. The fraction of sp³-hybridized carbons (Fsp3) is 0.412. The topological polar surface area (TPSA) is 93.1 Å². The Morgan fingerprint density at radius 2 is 1.92 bits per heavy atom. The summed E-state index contributed by atoms with van der Waals surface area (Å²) in [5, 5.41) is 7.10. The monoisotopic (exact) mass is 364 g/mol. The first-order valence-corrected chi connectivity index (χ1v) is 9.47. The van der Waals surface area contributed by atoms with Crippen LogP contribution in [-0.2, 0) is 28.3 Å². The molecular formula is C17H24N4O3S. The van der Waals surface area contributed by atoms with Crippen LogP contribution in [0, 0.1) is 20.8 Å². The number of sulfonamides is 1. The fourth-order valence-corrected chi connectivity index (χ4v) is 3.71. The normalized spacial score (nSPS) is 11.6. The SMILES string of the molecule is CNS(=O)(=O)c1cc(NC(=O)CCc2c(C)nn(C)c2C)ccc1C. The Bertz CT molecular complexity index is 901. The summed E-state index contributed by atoms with van der Waals surface area (Å²) in [5.41, 5.74) is 4.12. The second-order valence-electron chi connectivity index (χ2n) is 6.01. The number of nitrogens with one attached hydrogen (secondary N) is 2. The van der Waals surface area contributed by atoms with Crippen LogP contribution in [0.2, 0.25) is 0 Å². The van der Waals surface area contributed by atoms with Gasteiger partial charge in [-0.1, -0.05) is 6.07 Å². The lowest BCUT2D eigenvalue weighted by Gasteiger charge is -2.10. The lowest BCUT2D eigenvalue weighted by molar-refractivity contribution is -0.116. The van der Waals surface area contributed by atoms with Gasteiger partial charge in [-0.2, -0.15) is 5.10 Å². The Labute approximate surface area is 148 Å². The molecule has 0 atom stereocenters. The second kappa shape index (κ2) is 7.37. The molecule has 2 N–H and O–H groups in total. The molecule has 136 valence electrons. The first kappa shape index (κ1) is 19.1. The van der Waals surface area contributed by atoms with Gasteiger partial charge in [0.25, 0.3) is 0 Å². The lowest BCUT2D eigenvalue weighted by Crippen LogP contribution is -2.20. The maximum atomic E-state index is 12.2. The van der Waals surface area contributed by atoms with E-state index >= 15 is 0 Å². The van der Waals surface area contributed by atoms with Crippen molar-refractivity contribution in [1.82, 2.24) is 14.5 Å². The van der Waals surface area contributed by atoms with Crippen molar-refractivity contribution in [3.8, 4) is 0 Å². The summed E-state index contributed by atoms with van der Waals surface area (Å²) in [6, 6.07) is 4.84. The quantitative estimate of drug-likeness (QED) is 0.818. The standard InChI is InChI=1S/C17H24N4O3S/c1-11-6-7-14(10-16(11)25(23,24)18-4)19-17(22)9-8-15-12(2)20-21(5)13(15)3/h6-7,10,18H,8-9H2,1-5H3,(H,19,22). The summed E-state index contributed by atoms with van der Waals surface area (Å²) >= 11 is 0. The molecule has 8 heteroatoms. The van der Waals surface area contributed by atoms with E-state index in [1.807, 2.05) is 20.9 Å². The number of nitrogens with zero attached hydrogens (tertiary/aromatic N) is 2. The van der Waals surface area contributed by atoms with Gasteiger partial charge in [0.1, 0.15) is 0 Å². The fourth-order valence-electron chi connectivity index (χ4n) is 2.72. The number of carbonyl (C=O) groups is 1. The summed E-state index contributed by atoms with van der Waals surface area (Å²) in [6.07, 6.45) is 0.889. The molecule has 1 aromatic heterocycles. The van der Waals surface area contributed by atoms with E-state index in [1.165, 1.54) is 13.1 Å². The highest BCUT2D eigenvalue weighted by molar-refractivity contribution is 7.89. The molecular weight excluding hydrogens is 340 g/mol. The van der Waals surface area contributed by atoms with Crippen LogP contribution in [0.1, 0.15) is 28.9 Å². The Hall–Kier alpha value is -2.19. The van der Waals surface area contributed by atoms with Crippen molar-refractivity contribution in [2.45, 2.75) is 38.5 Å². The van der Waals surface area contributed by atoms with Crippen LogP contribution in [-0.4, -0.2) is 31.2 Å². The maximum absolute atomic E-state index is 12.2. The minimum absolute atomic E-state index is 0.159. The Kier molecular flexibility index (Phi) is 5.64. The van der Waals surface area contributed by atoms with E-state index in [0.29, 0.717) is 24.1 Å². The van der Waals surface area contributed by atoms with Gasteiger partial charge < -0.3 is 5.32 Å². The lowest BCUT2D eigenvalue weighted by atomic mass is 10.1. The number of hydrogen-bond acceptors (Lipinski definition) is 4. The zero-order valence-corrected chi connectivity index (χ0v) is 16.0. The molecule has 1 heterocycles. The zero-order chi connectivity index (χ0) is 18.8. The summed E-state index contributed by atoms with van der Waals surface area (Å²) in [7, 11) is -0.327. The number of carbonyl (C=O) groups excluding carboxylic acids is 1. The first-order chi connectivity index (χ1) is 11.7. The average molecular weight is 364 g/mol. The van der Waals surface area contributed by atoms with E-state index in [4.69, 9.17) is 0 Å². The summed E-state index contributed by atoms with van der Waals surface area (Å²) in [4.78, 5) is 12.4. The van der Waals surface area contributed by atoms with Crippen molar-refractivity contribution >= 4 is 21.6 Å². The van der Waals surface area contributed by atoms with Gasteiger partial charge in [0, 0.05) is 24.8 Å². The van der Waals surface area contributed by atoms with Gasteiger partial charge in [0.15, 0.2) is 0 Å². The van der Waals surface area contributed by atoms with E-state index in [2.05, 4.69) is 15.1 Å². The van der Waals surface area contributed by atoms with Gasteiger partial charge in [-0.15, -0.1) is 0 Å². The number of hydrogen-bond donors (Lipinski definition) is 2. The third kappa shape index (κ3) is 4.26. The number of amides is 1. The van der Waals surface area contributed by atoms with Gasteiger partial charge in [-0.25, -0.2) is 13.1 Å². The van der Waals surface area contributed by atoms with Crippen LogP contribution in [0.3, 0.4) is 0 Å². The number of anilines is 1. The van der Waals surface area contributed by atoms with E-state index in [0.717, 1.165) is 17.0 Å². The minimum Gasteiger partial charge on any atom is -0.326 e. The van der Waals surface area contributed by atoms with Crippen LogP contribution in [0.25, 0.3) is 0 Å². The van der Waals surface area contributed by atoms with Crippen LogP contribution in [0.5, 0.6) is 0 Å². The summed E-state index contributed by atoms with van der Waals surface area (Å²) in [5.74, 6) is -0.167. The molecule has 2 rings (SSSR count). The average Bonchev–Trinajstić information content (AvgIpc) is 2.79. The highest BCUT2D eigenvalue weighted by atomic mass is 32.2. The van der Waals surface area contributed by atoms with Gasteiger partial charge in [-0.05, 0) is 57.5 Å². The smallest absolute Gasteiger partial charge is 0.240 e. The molecule has 0 aliphatic rings. The van der Waals surface area contributed by atoms with Crippen molar-refractivity contribution < 1.29 is 13.2 Å². The molecule has 0 radical (unpaired) electrons. The predicted molar refractivity (Wildman–Crippen MR) is 97.1 cm³/mol. The van der Waals surface area contributed by atoms with Gasteiger partial charge in [0.2, 0.25) is 15.9 Å². The van der Waals surface area contributed by atoms with Crippen LogP contribution >= 0.6 is 0 Å². The maximum Gasteiger partial charge on any atom is 0.240 e. The second-order valence-corrected chi connectivity index (χ2v) is 7.86. The van der Waals surface area contributed by atoms with E-state index < -0.39 is 10.0 Å². The Morgan fingerprint density at radius 3 is 2.48 bits per heavy atom. The van der Waals surface area contributed by atoms with E-state index in [1.54, 1.807) is 23.7 Å². The van der Waals surface area contributed by atoms with Gasteiger partial charge >= 0.3 is 0 Å². The number of rotatable bonds is 6. The number of aromatic nitrogens is 2. The van der Waals surface area contributed by atoms with Crippen molar-refractivity contribution in [2.75, 3.05) is 12.4 Å². The van der Waals surface area contributed by atoms with Crippen molar-refractivity contribution in [2.24, 2.45) is 7.05 Å². The van der Waals surface area contributed by atoms with Crippen molar-refractivity contribution in [1.29, 1.82) is 0 Å². The number of benzene rings is 1. The van der Waals surface area contributed by atoms with Crippen LogP contribution in [0.4, 0.5) is 5.69 Å². The zero-order valence-electron chi connectivity index (χ0n) is 15.2. The van der Waals surface area contributed by atoms with Crippen molar-refractivity contribution in [3.05, 3.63) is 40.7 Å². The minimum atomic E-state index is -3.56. The number of aryl methyl sites for hydroxylation is 3. The molecule has 7 nitrogen and oxygen atoms in total. The van der Waals surface area contributed by atoms with Crippen LogP contribution in [0.15, 0.2) is 23.1 Å². The van der Waals surface area contributed by atoms with Gasteiger partial charge in [0.05, 0.1) is 10.6 Å². The molecule has 1 aromatic carbocycles. The third-order valence-electron chi connectivity index (χ3n) is 4.29. The highest BCUT2D eigenvalue weighted by Gasteiger charge is 2.16. The molecule has 0 saturated heterocycles. The van der Waals surface area contributed by atoms with E-state index in [9.17, 15) is 13.2 Å². The molecule has 0 fully saturated rings. The Morgan fingerprint density at radius 1 is 1.24 bits per heavy atom. The molecule has 0 aliphatic carbocycles. The molecule has 0 bridgehead atoms. The largest absolute Gasteiger partial charge is 0.326 e. The third-order valence-corrected chi connectivity index (χ3v) is 5.85. The predicted octanol–water partition coefficient (Wildman–Crippen LogP) is 1.82. The molecule has 0 unspecified atom stereocenters. The molecule has 25 heavy (non-hydrogen) atoms. The summed E-state index contributed by atoms with van der Waals surface area (Å²) < 4.78 is 28.1. The summed E-state index contributed by atoms with van der Waals surface area (Å²) in [6.45, 7) is 5.61. The van der Waals surface area contributed by atoms with Crippen molar-refractivity contribution in [3.63, 3.8) is 0 Å². The Balaban J connectivity index is 2.10. The molecule has 2 aromatic rings. The van der Waals surface area contributed by atoms with Gasteiger partial charge in [-0.3, -0.25) is 9.48 Å². The van der Waals surface area contributed by atoms with Crippen LogP contribution < -0.4 is 10.0 Å². The van der Waals surface area contributed by atoms with E-state index in [-0.39, 0.29) is 10.8 Å². The molecule has 1 amide bonds.